The monoisotopic (exact) mass is 252 g/mol. The first kappa shape index (κ1) is 13.3. The Morgan fingerprint density at radius 1 is 1.39 bits per heavy atom. The quantitative estimate of drug-likeness (QED) is 0.872. The third kappa shape index (κ3) is 2.49. The predicted octanol–water partition coefficient (Wildman–Crippen LogP) is 2.02. The number of piperazine rings is 1. The molecule has 1 N–H and O–H groups in total. The lowest BCUT2D eigenvalue weighted by Crippen LogP contribution is -2.51. The molecule has 100 valence electrons. The Hall–Kier alpha value is -1.13. The van der Waals surface area contributed by atoms with Crippen LogP contribution in [0.5, 0.6) is 0 Å². The number of aliphatic hydroxyl groups is 1. The molecule has 1 saturated heterocycles. The van der Waals surface area contributed by atoms with E-state index >= 15 is 0 Å². The van der Waals surface area contributed by atoms with Gasteiger partial charge in [0.25, 0.3) is 0 Å². The van der Waals surface area contributed by atoms with Crippen molar-refractivity contribution in [3.63, 3.8) is 0 Å². The molecule has 1 aliphatic heterocycles. The molecule has 0 aromatic heterocycles. The first-order valence-corrected chi connectivity index (χ1v) is 6.42. The zero-order valence-electron chi connectivity index (χ0n) is 11.2. The largest absolute Gasteiger partial charge is 0.389 e. The van der Waals surface area contributed by atoms with E-state index in [1.54, 1.807) is 19.1 Å². The molecule has 1 aliphatic rings. The van der Waals surface area contributed by atoms with Crippen LogP contribution in [0.1, 0.15) is 25.5 Å². The minimum atomic E-state index is -0.650. The minimum absolute atomic E-state index is 0.246. The summed E-state index contributed by atoms with van der Waals surface area (Å²) in [5.41, 5.74) is 1.24. The van der Waals surface area contributed by atoms with Crippen LogP contribution in [0.3, 0.4) is 0 Å². The van der Waals surface area contributed by atoms with E-state index in [0.29, 0.717) is 11.3 Å². The Morgan fingerprint density at radius 2 is 2.11 bits per heavy atom. The van der Waals surface area contributed by atoms with Crippen LogP contribution in [-0.2, 0) is 0 Å². The highest BCUT2D eigenvalue weighted by molar-refractivity contribution is 5.57. The molecule has 1 heterocycles. The Bertz CT molecular complexity index is 422. The summed E-state index contributed by atoms with van der Waals surface area (Å²) in [7, 11) is 2.07. The van der Waals surface area contributed by atoms with Crippen LogP contribution in [0, 0.1) is 5.82 Å². The highest BCUT2D eigenvalue weighted by Crippen LogP contribution is 2.31. The van der Waals surface area contributed by atoms with Crippen molar-refractivity contribution in [2.75, 3.05) is 31.6 Å². The molecule has 0 saturated carbocycles. The van der Waals surface area contributed by atoms with Crippen LogP contribution in [0.4, 0.5) is 10.1 Å². The van der Waals surface area contributed by atoms with Crippen LogP contribution < -0.4 is 4.90 Å². The molecule has 0 aliphatic carbocycles. The molecule has 4 heteroatoms. The Morgan fingerprint density at radius 3 is 2.72 bits per heavy atom. The molecule has 0 amide bonds. The molecule has 2 atom stereocenters. The zero-order valence-corrected chi connectivity index (χ0v) is 11.2. The van der Waals surface area contributed by atoms with Gasteiger partial charge < -0.3 is 14.9 Å². The smallest absolute Gasteiger partial charge is 0.146 e. The molecule has 18 heavy (non-hydrogen) atoms. The van der Waals surface area contributed by atoms with Gasteiger partial charge in [-0.1, -0.05) is 12.1 Å². The second kappa shape index (κ2) is 5.24. The van der Waals surface area contributed by atoms with E-state index < -0.39 is 6.10 Å². The van der Waals surface area contributed by atoms with E-state index in [1.165, 1.54) is 6.07 Å². The molecule has 0 bridgehead atoms. The third-order valence-corrected chi connectivity index (χ3v) is 3.59. The maximum absolute atomic E-state index is 14.1. The fourth-order valence-corrected chi connectivity index (χ4v) is 2.64. The van der Waals surface area contributed by atoms with Crippen molar-refractivity contribution in [3.8, 4) is 0 Å². The van der Waals surface area contributed by atoms with Gasteiger partial charge in [0.2, 0.25) is 0 Å². The summed E-state index contributed by atoms with van der Waals surface area (Å²) >= 11 is 0. The number of hydrogen-bond donors (Lipinski definition) is 1. The van der Waals surface area contributed by atoms with Gasteiger partial charge in [-0.2, -0.15) is 0 Å². The first-order chi connectivity index (χ1) is 8.50. The second-order valence-corrected chi connectivity index (χ2v) is 5.16. The topological polar surface area (TPSA) is 26.7 Å². The SMILES string of the molecule is CC1CN(C)CCN1c1c(F)cccc1[C@@H](C)O. The normalized spacial score (nSPS) is 23.2. The molecule has 0 spiro atoms. The van der Waals surface area contributed by atoms with E-state index in [9.17, 15) is 9.50 Å². The standard InChI is InChI=1S/C14H21FN2O/c1-10-9-16(3)7-8-17(10)14-12(11(2)18)5-4-6-13(14)15/h4-6,10-11,18H,7-9H2,1-3H3/t10?,11-/m1/s1. The third-order valence-electron chi connectivity index (χ3n) is 3.59. The number of benzene rings is 1. The average molecular weight is 252 g/mol. The van der Waals surface area contributed by atoms with E-state index in [4.69, 9.17) is 0 Å². The highest BCUT2D eigenvalue weighted by atomic mass is 19.1. The summed E-state index contributed by atoms with van der Waals surface area (Å²) in [4.78, 5) is 4.31. The van der Waals surface area contributed by atoms with Crippen molar-refractivity contribution < 1.29 is 9.50 Å². The Balaban J connectivity index is 2.38. The molecule has 1 fully saturated rings. The van der Waals surface area contributed by atoms with Gasteiger partial charge in [0.1, 0.15) is 5.82 Å². The second-order valence-electron chi connectivity index (χ2n) is 5.16. The molecule has 1 unspecified atom stereocenters. The predicted molar refractivity (Wildman–Crippen MR) is 71.3 cm³/mol. The van der Waals surface area contributed by atoms with Crippen molar-refractivity contribution in [2.45, 2.75) is 26.0 Å². The fraction of sp³-hybridized carbons (Fsp3) is 0.571. The number of halogens is 1. The molecule has 2 rings (SSSR count). The van der Waals surface area contributed by atoms with E-state index in [-0.39, 0.29) is 11.9 Å². The summed E-state index contributed by atoms with van der Waals surface area (Å²) < 4.78 is 14.1. The number of rotatable bonds is 2. The van der Waals surface area contributed by atoms with Crippen molar-refractivity contribution in [1.82, 2.24) is 4.90 Å². The lowest BCUT2D eigenvalue weighted by Gasteiger charge is -2.41. The molecular formula is C14H21FN2O. The highest BCUT2D eigenvalue weighted by Gasteiger charge is 2.26. The summed E-state index contributed by atoms with van der Waals surface area (Å²) in [6.07, 6.45) is -0.650. The number of para-hydroxylation sites is 1. The number of nitrogens with zero attached hydrogens (tertiary/aromatic N) is 2. The fourth-order valence-electron chi connectivity index (χ4n) is 2.64. The summed E-state index contributed by atoms with van der Waals surface area (Å²) in [6, 6.07) is 5.17. The van der Waals surface area contributed by atoms with Gasteiger partial charge in [-0.25, -0.2) is 4.39 Å². The van der Waals surface area contributed by atoms with Crippen molar-refractivity contribution in [3.05, 3.63) is 29.6 Å². The molecule has 3 nitrogen and oxygen atoms in total. The molecule has 0 radical (unpaired) electrons. The average Bonchev–Trinajstić information content (AvgIpc) is 2.29. The van der Waals surface area contributed by atoms with Crippen molar-refractivity contribution >= 4 is 5.69 Å². The van der Waals surface area contributed by atoms with Crippen LogP contribution >= 0.6 is 0 Å². The van der Waals surface area contributed by atoms with Gasteiger partial charge >= 0.3 is 0 Å². The van der Waals surface area contributed by atoms with Crippen LogP contribution in [0.25, 0.3) is 0 Å². The van der Waals surface area contributed by atoms with Gasteiger partial charge in [0.15, 0.2) is 0 Å². The summed E-state index contributed by atoms with van der Waals surface area (Å²) in [6.45, 7) is 6.39. The van der Waals surface area contributed by atoms with Crippen LogP contribution in [0.15, 0.2) is 18.2 Å². The van der Waals surface area contributed by atoms with Gasteiger partial charge in [0.05, 0.1) is 11.8 Å². The summed E-state index contributed by atoms with van der Waals surface area (Å²) in [5.74, 6) is -0.246. The van der Waals surface area contributed by atoms with Crippen molar-refractivity contribution in [2.24, 2.45) is 0 Å². The Kier molecular flexibility index (Phi) is 3.88. The minimum Gasteiger partial charge on any atom is -0.389 e. The molecule has 1 aromatic carbocycles. The molecule has 1 aromatic rings. The maximum atomic E-state index is 14.1. The maximum Gasteiger partial charge on any atom is 0.146 e. The van der Waals surface area contributed by atoms with Crippen LogP contribution in [-0.4, -0.2) is 42.7 Å². The zero-order chi connectivity index (χ0) is 13.3. The molecular weight excluding hydrogens is 231 g/mol. The van der Waals surface area contributed by atoms with Gasteiger partial charge in [0, 0.05) is 31.2 Å². The van der Waals surface area contributed by atoms with E-state index in [2.05, 4.69) is 23.8 Å². The van der Waals surface area contributed by atoms with E-state index in [1.807, 2.05) is 0 Å². The first-order valence-electron chi connectivity index (χ1n) is 6.42. The van der Waals surface area contributed by atoms with Gasteiger partial charge in [-0.3, -0.25) is 0 Å². The van der Waals surface area contributed by atoms with Crippen molar-refractivity contribution in [1.29, 1.82) is 0 Å². The lowest BCUT2D eigenvalue weighted by molar-refractivity contribution is 0.198. The van der Waals surface area contributed by atoms with Gasteiger partial charge in [-0.05, 0) is 27.0 Å². The number of anilines is 1. The van der Waals surface area contributed by atoms with E-state index in [0.717, 1.165) is 19.6 Å². The van der Waals surface area contributed by atoms with Crippen LogP contribution in [0.2, 0.25) is 0 Å². The number of hydrogen-bond acceptors (Lipinski definition) is 3. The van der Waals surface area contributed by atoms with Gasteiger partial charge in [-0.15, -0.1) is 0 Å². The number of aliphatic hydroxyl groups excluding tert-OH is 1. The lowest BCUT2D eigenvalue weighted by atomic mass is 10.0. The Labute approximate surface area is 108 Å². The number of likely N-dealkylation sites (N-methyl/N-ethyl adjacent to an activating group) is 1. The summed E-state index contributed by atoms with van der Waals surface area (Å²) in [5, 5.41) is 9.79.